The van der Waals surface area contributed by atoms with Gasteiger partial charge in [0.2, 0.25) is 0 Å². The van der Waals surface area contributed by atoms with E-state index in [4.69, 9.17) is 0 Å². The minimum atomic E-state index is 0. The summed E-state index contributed by atoms with van der Waals surface area (Å²) in [7, 11) is 16.6. The Balaban J connectivity index is 0.000000523. The van der Waals surface area contributed by atoms with Gasteiger partial charge in [-0.15, -0.1) is 22.3 Å². The van der Waals surface area contributed by atoms with E-state index in [0.29, 0.717) is 0 Å². The summed E-state index contributed by atoms with van der Waals surface area (Å²) in [6, 6.07) is 19.6. The summed E-state index contributed by atoms with van der Waals surface area (Å²) in [5.41, 5.74) is 5.03. The van der Waals surface area contributed by atoms with Gasteiger partial charge in [-0.1, -0.05) is 0 Å². The Morgan fingerprint density at radius 3 is 0.862 bits per heavy atom. The molecule has 0 saturated heterocycles. The molecule has 162 valence electrons. The standard InChI is InChI=1S/2C12H19N2.Pt/c2*1-13(2)9-11-6-5-7-12(8-11)10-14(3)4;/h2*5-7H,9-10H2,1-4H3;/q2*-1;+4. The fourth-order valence-electron chi connectivity index (χ4n) is 2.87. The van der Waals surface area contributed by atoms with Crippen molar-refractivity contribution in [1.82, 2.24) is 19.6 Å². The van der Waals surface area contributed by atoms with Gasteiger partial charge in [-0.25, -0.2) is 0 Å². The van der Waals surface area contributed by atoms with Crippen LogP contribution in [0.25, 0.3) is 0 Å². The molecule has 2 aromatic carbocycles. The molecule has 0 aliphatic rings. The summed E-state index contributed by atoms with van der Waals surface area (Å²) in [6.45, 7) is 3.84. The quantitative estimate of drug-likeness (QED) is 0.447. The van der Waals surface area contributed by atoms with Crippen LogP contribution >= 0.6 is 0 Å². The maximum absolute atomic E-state index is 3.42. The van der Waals surface area contributed by atoms with Gasteiger partial charge in [-0.05, 0) is 56.4 Å². The summed E-state index contributed by atoms with van der Waals surface area (Å²) in [6.07, 6.45) is 0. The summed E-state index contributed by atoms with van der Waals surface area (Å²) in [5, 5.41) is 0. The zero-order valence-corrected chi connectivity index (χ0v) is 21.7. The molecule has 0 unspecified atom stereocenters. The van der Waals surface area contributed by atoms with Gasteiger partial charge in [0.05, 0.1) is 0 Å². The number of hydrogen-bond donors (Lipinski definition) is 0. The van der Waals surface area contributed by atoms with Crippen LogP contribution in [-0.4, -0.2) is 76.0 Å². The molecule has 0 saturated carbocycles. The molecule has 29 heavy (non-hydrogen) atoms. The van der Waals surface area contributed by atoms with Crippen LogP contribution in [0.5, 0.6) is 0 Å². The van der Waals surface area contributed by atoms with Gasteiger partial charge in [-0.2, -0.15) is 48.5 Å². The minimum Gasteiger partial charge on any atom is -0.307 e. The van der Waals surface area contributed by atoms with E-state index in [0.717, 1.165) is 26.2 Å². The molecule has 0 aliphatic carbocycles. The summed E-state index contributed by atoms with van der Waals surface area (Å²) in [4.78, 5) is 8.63. The van der Waals surface area contributed by atoms with E-state index >= 15 is 0 Å². The topological polar surface area (TPSA) is 13.0 Å². The maximum Gasteiger partial charge on any atom is 4.00 e. The van der Waals surface area contributed by atoms with Gasteiger partial charge in [0.1, 0.15) is 0 Å². The van der Waals surface area contributed by atoms with Crippen LogP contribution in [0.2, 0.25) is 0 Å². The summed E-state index contributed by atoms with van der Waals surface area (Å²) in [5.74, 6) is 0. The van der Waals surface area contributed by atoms with E-state index in [1.54, 1.807) is 0 Å². The predicted octanol–water partition coefficient (Wildman–Crippen LogP) is 3.22. The van der Waals surface area contributed by atoms with Crippen molar-refractivity contribution in [2.75, 3.05) is 56.4 Å². The first-order chi connectivity index (χ1) is 13.2. The second-order valence-electron chi connectivity index (χ2n) is 8.35. The third-order valence-corrected chi connectivity index (χ3v) is 3.78. The van der Waals surface area contributed by atoms with Crippen LogP contribution in [0.3, 0.4) is 0 Å². The van der Waals surface area contributed by atoms with Gasteiger partial charge in [0.15, 0.2) is 0 Å². The van der Waals surface area contributed by atoms with Crippen molar-refractivity contribution in [2.24, 2.45) is 0 Å². The van der Waals surface area contributed by atoms with Gasteiger partial charge in [0, 0.05) is 26.2 Å². The molecule has 0 aliphatic heterocycles. The zero-order chi connectivity index (χ0) is 21.1. The molecule has 0 aromatic heterocycles. The molecule has 0 amide bonds. The van der Waals surface area contributed by atoms with Crippen LogP contribution in [0.15, 0.2) is 36.4 Å². The first kappa shape index (κ1) is 28.0. The average molecular weight is 578 g/mol. The van der Waals surface area contributed by atoms with Crippen molar-refractivity contribution in [1.29, 1.82) is 0 Å². The molecule has 5 heteroatoms. The first-order valence-electron chi connectivity index (χ1n) is 9.74. The maximum atomic E-state index is 3.42. The van der Waals surface area contributed by atoms with E-state index < -0.39 is 0 Å². The third-order valence-electron chi connectivity index (χ3n) is 3.78. The Morgan fingerprint density at radius 2 is 0.690 bits per heavy atom. The largest absolute Gasteiger partial charge is 4.00 e. The van der Waals surface area contributed by atoms with Crippen molar-refractivity contribution in [3.63, 3.8) is 0 Å². The molecule has 0 bridgehead atoms. The van der Waals surface area contributed by atoms with E-state index in [-0.39, 0.29) is 21.1 Å². The smallest absolute Gasteiger partial charge is 0.307 e. The fourth-order valence-corrected chi connectivity index (χ4v) is 2.87. The first-order valence-corrected chi connectivity index (χ1v) is 9.74. The second kappa shape index (κ2) is 14.9. The van der Waals surface area contributed by atoms with E-state index in [1.807, 2.05) is 0 Å². The van der Waals surface area contributed by atoms with Gasteiger partial charge >= 0.3 is 21.1 Å². The van der Waals surface area contributed by atoms with Crippen molar-refractivity contribution in [3.8, 4) is 0 Å². The van der Waals surface area contributed by atoms with Crippen LogP contribution in [0.1, 0.15) is 22.3 Å². The normalized spacial score (nSPS) is 10.9. The van der Waals surface area contributed by atoms with Crippen LogP contribution in [-0.2, 0) is 47.2 Å². The van der Waals surface area contributed by atoms with E-state index in [9.17, 15) is 0 Å². The monoisotopic (exact) mass is 577 g/mol. The molecule has 0 spiro atoms. The Kier molecular flexibility index (Phi) is 14.3. The van der Waals surface area contributed by atoms with Crippen molar-refractivity contribution < 1.29 is 21.1 Å². The predicted molar refractivity (Wildman–Crippen MR) is 120 cm³/mol. The molecular formula is C24H38N4Pt+2. The molecule has 2 rings (SSSR count). The molecule has 0 fully saturated rings. The summed E-state index contributed by atoms with van der Waals surface area (Å²) >= 11 is 0. The molecule has 4 nitrogen and oxygen atoms in total. The molecule has 0 atom stereocenters. The van der Waals surface area contributed by atoms with Crippen molar-refractivity contribution in [2.45, 2.75) is 26.2 Å². The fraction of sp³-hybridized carbons (Fsp3) is 0.500. The van der Waals surface area contributed by atoms with Crippen molar-refractivity contribution in [3.05, 3.63) is 70.8 Å². The molecule has 2 aromatic rings. The molecular weight excluding hydrogens is 539 g/mol. The SMILES string of the molecule is CN(C)Cc1[c-]c(CN(C)C)ccc1.CN(C)Cc1[c-]c(CN(C)C)ccc1.[Pt+4]. The van der Waals surface area contributed by atoms with Gasteiger partial charge < -0.3 is 19.6 Å². The Hall–Kier alpha value is -1.03. The van der Waals surface area contributed by atoms with Crippen LogP contribution in [0, 0.1) is 12.1 Å². The minimum absolute atomic E-state index is 0. The van der Waals surface area contributed by atoms with E-state index in [1.165, 1.54) is 22.3 Å². The van der Waals surface area contributed by atoms with E-state index in [2.05, 4.69) is 125 Å². The number of benzene rings is 2. The Labute approximate surface area is 193 Å². The van der Waals surface area contributed by atoms with Crippen LogP contribution in [0.4, 0.5) is 0 Å². The Morgan fingerprint density at radius 1 is 0.483 bits per heavy atom. The third kappa shape index (κ3) is 13.7. The molecule has 0 N–H and O–H groups in total. The van der Waals surface area contributed by atoms with Gasteiger partial charge in [-0.3, -0.25) is 0 Å². The number of nitrogens with zero attached hydrogens (tertiary/aromatic N) is 4. The zero-order valence-electron chi connectivity index (χ0n) is 19.4. The average Bonchev–Trinajstić information content (AvgIpc) is 2.53. The van der Waals surface area contributed by atoms with Gasteiger partial charge in [0.25, 0.3) is 0 Å². The van der Waals surface area contributed by atoms with Crippen molar-refractivity contribution >= 4 is 0 Å². The second-order valence-corrected chi connectivity index (χ2v) is 8.35. The number of rotatable bonds is 8. The molecule has 0 heterocycles. The molecule has 0 radical (unpaired) electrons. The van der Waals surface area contributed by atoms with Crippen LogP contribution < -0.4 is 0 Å². The summed E-state index contributed by atoms with van der Waals surface area (Å²) < 4.78 is 0. The number of hydrogen-bond acceptors (Lipinski definition) is 4. The Bertz CT molecular complexity index is 574.